The molecule has 8 nitrogen and oxygen atoms in total. The smallest absolute Gasteiger partial charge is 0.228 e. The van der Waals surface area contributed by atoms with Gasteiger partial charge in [-0.3, -0.25) is 5.10 Å². The van der Waals surface area contributed by atoms with Crippen molar-refractivity contribution in [2.24, 2.45) is 0 Å². The Labute approximate surface area is 162 Å². The maximum absolute atomic E-state index is 7.79. The Hall–Kier alpha value is -3.68. The van der Waals surface area contributed by atoms with E-state index in [0.717, 1.165) is 28.6 Å². The van der Waals surface area contributed by atoms with Gasteiger partial charge in [-0.15, -0.1) is 0 Å². The minimum absolute atomic E-state index is 0.358. The van der Waals surface area contributed by atoms with Gasteiger partial charge >= 0.3 is 0 Å². The van der Waals surface area contributed by atoms with Gasteiger partial charge in [0.15, 0.2) is 5.82 Å². The van der Waals surface area contributed by atoms with Crippen molar-refractivity contribution in [3.8, 4) is 17.3 Å². The van der Waals surface area contributed by atoms with Crippen LogP contribution in [-0.2, 0) is 0 Å². The molecule has 142 valence electrons. The van der Waals surface area contributed by atoms with Crippen LogP contribution in [-0.4, -0.2) is 58.5 Å². The topological polar surface area (TPSA) is 103 Å². The fourth-order valence-corrected chi connectivity index (χ4v) is 3.15. The van der Waals surface area contributed by atoms with Gasteiger partial charge in [0.05, 0.1) is 17.3 Å². The number of H-pyrrole nitrogens is 1. The van der Waals surface area contributed by atoms with Crippen molar-refractivity contribution in [3.63, 3.8) is 0 Å². The fourth-order valence-electron chi connectivity index (χ4n) is 3.15. The van der Waals surface area contributed by atoms with E-state index >= 15 is 0 Å². The lowest BCUT2D eigenvalue weighted by atomic mass is 10.1. The largest absolute Gasteiger partial charge is 0.472 e. The summed E-state index contributed by atoms with van der Waals surface area (Å²) in [6, 6.07) is 5.82. The summed E-state index contributed by atoms with van der Waals surface area (Å²) in [6.45, 7) is 1.24. The normalized spacial score (nSPS) is 13.5. The van der Waals surface area contributed by atoms with Crippen LogP contribution >= 0.6 is 0 Å². The molecule has 3 aromatic rings. The molecule has 0 bridgehead atoms. The summed E-state index contributed by atoms with van der Waals surface area (Å²) in [5.41, 5.74) is 3.30. The number of rotatable bonds is 6. The van der Waals surface area contributed by atoms with Crippen LogP contribution in [0.3, 0.4) is 0 Å². The number of benzene rings is 1. The Bertz CT molecular complexity index is 1080. The standard InChI is InChI=1S/C20H21N7O/c1-22-18-15(9-21)20(28-12-13-5-4-8-27(2)11-13)25-19(24-18)14-6-3-7-17-16(14)10-23-26-17/h3-7,9-11,21H,8,12H2,1-2H3,(H,23,26)(H,22,24,25). The van der Waals surface area contributed by atoms with E-state index in [9.17, 15) is 0 Å². The monoisotopic (exact) mass is 375 g/mol. The number of aromatic nitrogens is 4. The van der Waals surface area contributed by atoms with Crippen molar-refractivity contribution in [2.45, 2.75) is 0 Å². The lowest BCUT2D eigenvalue weighted by Crippen LogP contribution is -2.17. The minimum atomic E-state index is 0.358. The Morgan fingerprint density at radius 3 is 3.04 bits per heavy atom. The van der Waals surface area contributed by atoms with Crippen molar-refractivity contribution >= 4 is 22.9 Å². The molecule has 1 aliphatic heterocycles. The van der Waals surface area contributed by atoms with Crippen LogP contribution in [0, 0.1) is 5.41 Å². The van der Waals surface area contributed by atoms with Gasteiger partial charge in [-0.05, 0) is 6.07 Å². The molecule has 0 amide bonds. The zero-order chi connectivity index (χ0) is 19.5. The number of hydrogen-bond acceptors (Lipinski definition) is 7. The average Bonchev–Trinajstić information content (AvgIpc) is 3.20. The molecule has 0 radical (unpaired) electrons. The molecule has 0 unspecified atom stereocenters. The number of nitrogens with one attached hydrogen (secondary N) is 3. The molecule has 0 spiro atoms. The zero-order valence-corrected chi connectivity index (χ0v) is 15.7. The second kappa shape index (κ2) is 7.51. The molecule has 0 saturated heterocycles. The highest BCUT2D eigenvalue weighted by Crippen LogP contribution is 2.30. The predicted molar refractivity (Wildman–Crippen MR) is 110 cm³/mol. The van der Waals surface area contributed by atoms with Crippen LogP contribution in [0.1, 0.15) is 5.56 Å². The van der Waals surface area contributed by atoms with Gasteiger partial charge in [-0.2, -0.15) is 10.1 Å². The lowest BCUT2D eigenvalue weighted by Gasteiger charge is -2.19. The maximum Gasteiger partial charge on any atom is 0.228 e. The number of aromatic amines is 1. The molecule has 0 saturated carbocycles. The molecular formula is C20H21N7O. The fraction of sp³-hybridized carbons (Fsp3) is 0.200. The highest BCUT2D eigenvalue weighted by molar-refractivity contribution is 5.94. The van der Waals surface area contributed by atoms with E-state index < -0.39 is 0 Å². The highest BCUT2D eigenvalue weighted by Gasteiger charge is 2.17. The zero-order valence-electron chi connectivity index (χ0n) is 15.7. The van der Waals surface area contributed by atoms with Crippen LogP contribution < -0.4 is 10.1 Å². The van der Waals surface area contributed by atoms with Crippen LogP contribution in [0.15, 0.2) is 48.3 Å². The van der Waals surface area contributed by atoms with Gasteiger partial charge in [0, 0.05) is 49.6 Å². The number of anilines is 1. The summed E-state index contributed by atoms with van der Waals surface area (Å²) < 4.78 is 6.00. The molecule has 3 heterocycles. The van der Waals surface area contributed by atoms with Crippen molar-refractivity contribution in [3.05, 3.63) is 53.9 Å². The Kier molecular flexibility index (Phi) is 4.76. The first-order valence-electron chi connectivity index (χ1n) is 8.92. The first-order valence-corrected chi connectivity index (χ1v) is 8.92. The Morgan fingerprint density at radius 2 is 2.25 bits per heavy atom. The molecule has 2 aromatic heterocycles. The van der Waals surface area contributed by atoms with Crippen molar-refractivity contribution in [2.75, 3.05) is 32.6 Å². The van der Waals surface area contributed by atoms with Gasteiger partial charge in [0.25, 0.3) is 0 Å². The number of fused-ring (bicyclic) bond motifs is 1. The molecule has 0 atom stereocenters. The SMILES string of the molecule is CNc1nc(-c2cccc3[nH]ncc23)nc(OCC2=CN(C)CC=C2)c1C=N. The summed E-state index contributed by atoms with van der Waals surface area (Å²) in [4.78, 5) is 11.3. The van der Waals surface area contributed by atoms with Crippen LogP contribution in [0.4, 0.5) is 5.82 Å². The lowest BCUT2D eigenvalue weighted by molar-refractivity contribution is 0.336. The van der Waals surface area contributed by atoms with Crippen LogP contribution in [0.25, 0.3) is 22.3 Å². The second-order valence-electron chi connectivity index (χ2n) is 6.48. The molecule has 1 aliphatic rings. The molecular weight excluding hydrogens is 354 g/mol. The van der Waals surface area contributed by atoms with E-state index in [1.54, 1.807) is 13.2 Å². The maximum atomic E-state index is 7.79. The van der Waals surface area contributed by atoms with E-state index in [0.29, 0.717) is 29.7 Å². The van der Waals surface area contributed by atoms with E-state index in [4.69, 9.17) is 10.1 Å². The molecule has 3 N–H and O–H groups in total. The summed E-state index contributed by atoms with van der Waals surface area (Å²) in [5.74, 6) is 1.43. The van der Waals surface area contributed by atoms with Gasteiger partial charge in [-0.1, -0.05) is 24.3 Å². The third kappa shape index (κ3) is 3.32. The quantitative estimate of drug-likeness (QED) is 0.573. The third-order valence-corrected chi connectivity index (χ3v) is 4.50. The van der Waals surface area contributed by atoms with Gasteiger partial charge in [0.2, 0.25) is 5.88 Å². The molecule has 1 aromatic carbocycles. The summed E-state index contributed by atoms with van der Waals surface area (Å²) in [7, 11) is 3.78. The molecule has 0 aliphatic carbocycles. The van der Waals surface area contributed by atoms with Gasteiger partial charge < -0.3 is 20.4 Å². The van der Waals surface area contributed by atoms with E-state index in [1.807, 2.05) is 37.5 Å². The van der Waals surface area contributed by atoms with Crippen molar-refractivity contribution in [1.82, 2.24) is 25.1 Å². The molecule has 0 fully saturated rings. The number of nitrogens with zero attached hydrogens (tertiary/aromatic N) is 4. The van der Waals surface area contributed by atoms with Crippen LogP contribution in [0.2, 0.25) is 0 Å². The first-order chi connectivity index (χ1) is 13.7. The Balaban J connectivity index is 1.75. The summed E-state index contributed by atoms with van der Waals surface area (Å²) in [6.07, 6.45) is 9.13. The van der Waals surface area contributed by atoms with Gasteiger partial charge in [0.1, 0.15) is 12.4 Å². The highest BCUT2D eigenvalue weighted by atomic mass is 16.5. The minimum Gasteiger partial charge on any atom is -0.472 e. The second-order valence-corrected chi connectivity index (χ2v) is 6.48. The van der Waals surface area contributed by atoms with Gasteiger partial charge in [-0.25, -0.2) is 4.98 Å². The number of likely N-dealkylation sites (N-methyl/N-ethyl adjacent to an activating group) is 1. The van der Waals surface area contributed by atoms with E-state index in [2.05, 4.69) is 36.5 Å². The molecule has 28 heavy (non-hydrogen) atoms. The summed E-state index contributed by atoms with van der Waals surface area (Å²) >= 11 is 0. The third-order valence-electron chi connectivity index (χ3n) is 4.50. The van der Waals surface area contributed by atoms with E-state index in [-0.39, 0.29) is 0 Å². The number of ether oxygens (including phenoxy) is 1. The van der Waals surface area contributed by atoms with E-state index in [1.165, 1.54) is 6.21 Å². The Morgan fingerprint density at radius 1 is 1.36 bits per heavy atom. The average molecular weight is 375 g/mol. The van der Waals surface area contributed by atoms with Crippen molar-refractivity contribution in [1.29, 1.82) is 5.41 Å². The number of hydrogen-bond donors (Lipinski definition) is 3. The first kappa shape index (κ1) is 17.7. The predicted octanol–water partition coefficient (Wildman–Crippen LogP) is 2.82. The summed E-state index contributed by atoms with van der Waals surface area (Å²) in [5, 5.41) is 18.8. The molecule has 4 rings (SSSR count). The van der Waals surface area contributed by atoms with Crippen LogP contribution in [0.5, 0.6) is 5.88 Å². The molecule has 8 heteroatoms. The van der Waals surface area contributed by atoms with Crippen molar-refractivity contribution < 1.29 is 4.74 Å².